The molecule has 2 heterocycles. The molecule has 1 aliphatic heterocycles. The summed E-state index contributed by atoms with van der Waals surface area (Å²) >= 11 is 0. The van der Waals surface area contributed by atoms with Gasteiger partial charge in [-0.25, -0.2) is 4.98 Å². The fraction of sp³-hybridized carbons (Fsp3) is 0.444. The van der Waals surface area contributed by atoms with Gasteiger partial charge >= 0.3 is 0 Å². The van der Waals surface area contributed by atoms with Gasteiger partial charge in [-0.2, -0.15) is 0 Å². The molecule has 1 atom stereocenters. The number of nitrogens with two attached hydrogens (primary N) is 1. The Morgan fingerprint density at radius 3 is 3.17 bits per heavy atom. The summed E-state index contributed by atoms with van der Waals surface area (Å²) in [6, 6.07) is 7.15. The van der Waals surface area contributed by atoms with E-state index in [1.54, 1.807) is 6.20 Å². The van der Waals surface area contributed by atoms with E-state index in [9.17, 15) is 0 Å². The lowest BCUT2D eigenvalue weighted by atomic mass is 10.3. The second-order valence-corrected chi connectivity index (χ2v) is 3.10. The first kappa shape index (κ1) is 7.55. The predicted octanol–water partition coefficient (Wildman–Crippen LogP) is 0.419. The maximum atomic E-state index is 5.78. The Hall–Kier alpha value is -1.09. The number of rotatable bonds is 1. The highest BCUT2D eigenvalue weighted by Gasteiger charge is 2.19. The van der Waals surface area contributed by atoms with Crippen molar-refractivity contribution in [2.24, 2.45) is 5.73 Å². The highest BCUT2D eigenvalue weighted by molar-refractivity contribution is 5.37. The Bertz CT molecular complexity index is 247. The molecule has 1 saturated heterocycles. The van der Waals surface area contributed by atoms with Crippen LogP contribution in [0.15, 0.2) is 18.3 Å². The normalized spacial score (nSPS) is 23.1. The molecule has 1 fully saturated rings. The summed E-state index contributed by atoms with van der Waals surface area (Å²) in [5, 5.41) is 0. The van der Waals surface area contributed by atoms with E-state index in [-0.39, 0.29) is 0 Å². The molecule has 0 spiro atoms. The molecule has 2 rings (SSSR count). The Kier molecular flexibility index (Phi) is 1.96. The first-order valence-corrected chi connectivity index (χ1v) is 4.19. The molecule has 0 aromatic carbocycles. The van der Waals surface area contributed by atoms with E-state index in [0.29, 0.717) is 6.04 Å². The summed E-state index contributed by atoms with van der Waals surface area (Å²) in [5.41, 5.74) is 5.78. The van der Waals surface area contributed by atoms with E-state index in [4.69, 9.17) is 5.73 Å². The lowest BCUT2D eigenvalue weighted by Gasteiger charge is -2.15. The fourth-order valence-electron chi connectivity index (χ4n) is 1.47. The molecule has 0 amide bonds. The van der Waals surface area contributed by atoms with E-state index in [1.165, 1.54) is 0 Å². The number of hydrogen-bond acceptors (Lipinski definition) is 3. The van der Waals surface area contributed by atoms with Crippen molar-refractivity contribution in [2.75, 3.05) is 18.0 Å². The minimum Gasteiger partial charge on any atom is -0.354 e. The average molecular weight is 162 g/mol. The maximum Gasteiger partial charge on any atom is 0.136 e. The van der Waals surface area contributed by atoms with Crippen molar-refractivity contribution in [1.82, 2.24) is 4.98 Å². The van der Waals surface area contributed by atoms with Gasteiger partial charge in [-0.3, -0.25) is 0 Å². The van der Waals surface area contributed by atoms with Crippen LogP contribution in [0.1, 0.15) is 6.42 Å². The molecule has 1 aliphatic rings. The molecule has 0 aliphatic carbocycles. The molecule has 0 bridgehead atoms. The van der Waals surface area contributed by atoms with Crippen molar-refractivity contribution in [3.63, 3.8) is 0 Å². The molecule has 3 nitrogen and oxygen atoms in total. The molecular weight excluding hydrogens is 150 g/mol. The molecule has 1 aromatic rings. The predicted molar refractivity (Wildman–Crippen MR) is 47.9 cm³/mol. The van der Waals surface area contributed by atoms with Gasteiger partial charge in [0.2, 0.25) is 0 Å². The average Bonchev–Trinajstić information content (AvgIpc) is 2.54. The zero-order valence-corrected chi connectivity index (χ0v) is 6.90. The van der Waals surface area contributed by atoms with Crippen LogP contribution in [0.3, 0.4) is 0 Å². The van der Waals surface area contributed by atoms with Crippen molar-refractivity contribution in [3.05, 3.63) is 24.4 Å². The molecule has 1 radical (unpaired) electrons. The Balaban J connectivity index is 2.11. The first-order chi connectivity index (χ1) is 5.86. The molecule has 3 heteroatoms. The highest BCUT2D eigenvalue weighted by Crippen LogP contribution is 2.15. The smallest absolute Gasteiger partial charge is 0.136 e. The molecule has 63 valence electrons. The van der Waals surface area contributed by atoms with Crippen molar-refractivity contribution in [3.8, 4) is 0 Å². The number of nitrogens with zero attached hydrogens (tertiary/aromatic N) is 2. The van der Waals surface area contributed by atoms with Crippen molar-refractivity contribution < 1.29 is 0 Å². The van der Waals surface area contributed by atoms with Crippen LogP contribution in [0.4, 0.5) is 5.82 Å². The van der Waals surface area contributed by atoms with Crippen LogP contribution in [0.2, 0.25) is 0 Å². The highest BCUT2D eigenvalue weighted by atomic mass is 15.2. The Morgan fingerprint density at radius 1 is 1.67 bits per heavy atom. The Labute approximate surface area is 72.2 Å². The van der Waals surface area contributed by atoms with Gasteiger partial charge < -0.3 is 10.6 Å². The molecule has 1 aromatic heterocycles. The number of anilines is 1. The van der Waals surface area contributed by atoms with E-state index < -0.39 is 0 Å². The Morgan fingerprint density at radius 2 is 2.58 bits per heavy atom. The van der Waals surface area contributed by atoms with Crippen LogP contribution in [0.25, 0.3) is 0 Å². The van der Waals surface area contributed by atoms with Gasteiger partial charge in [0, 0.05) is 31.4 Å². The number of pyridine rings is 1. The molecular formula is C9H12N3. The van der Waals surface area contributed by atoms with Gasteiger partial charge in [-0.15, -0.1) is 0 Å². The van der Waals surface area contributed by atoms with Gasteiger partial charge in [0.05, 0.1) is 0 Å². The summed E-state index contributed by atoms with van der Waals surface area (Å²) in [6.45, 7) is 1.92. The van der Waals surface area contributed by atoms with Gasteiger partial charge in [-0.05, 0) is 18.6 Å². The quantitative estimate of drug-likeness (QED) is 0.650. The van der Waals surface area contributed by atoms with E-state index >= 15 is 0 Å². The topological polar surface area (TPSA) is 42.1 Å². The third kappa shape index (κ3) is 1.41. The molecule has 0 saturated carbocycles. The van der Waals surface area contributed by atoms with E-state index in [2.05, 4.69) is 16.0 Å². The SMILES string of the molecule is NC1CCN(c2[c]cccn2)C1. The van der Waals surface area contributed by atoms with Gasteiger partial charge in [0.25, 0.3) is 0 Å². The maximum absolute atomic E-state index is 5.78. The number of hydrogen-bond donors (Lipinski definition) is 1. The van der Waals surface area contributed by atoms with E-state index in [0.717, 1.165) is 25.3 Å². The van der Waals surface area contributed by atoms with Crippen LogP contribution in [0, 0.1) is 6.07 Å². The minimum absolute atomic E-state index is 0.306. The molecule has 1 unspecified atom stereocenters. The monoisotopic (exact) mass is 162 g/mol. The van der Waals surface area contributed by atoms with Crippen molar-refractivity contribution >= 4 is 5.82 Å². The second kappa shape index (κ2) is 3.11. The summed E-state index contributed by atoms with van der Waals surface area (Å²) in [4.78, 5) is 6.38. The molecule has 2 N–H and O–H groups in total. The third-order valence-electron chi connectivity index (χ3n) is 2.12. The van der Waals surface area contributed by atoms with Crippen molar-refractivity contribution in [2.45, 2.75) is 12.5 Å². The van der Waals surface area contributed by atoms with E-state index in [1.807, 2.05) is 12.1 Å². The van der Waals surface area contributed by atoms with Crippen molar-refractivity contribution in [1.29, 1.82) is 0 Å². The lowest BCUT2D eigenvalue weighted by Crippen LogP contribution is -2.26. The van der Waals surface area contributed by atoms with Crippen LogP contribution in [-0.4, -0.2) is 24.1 Å². The van der Waals surface area contributed by atoms with Crippen LogP contribution in [-0.2, 0) is 0 Å². The summed E-state index contributed by atoms with van der Waals surface area (Å²) in [6.07, 6.45) is 2.85. The van der Waals surface area contributed by atoms with Crippen LogP contribution < -0.4 is 10.6 Å². The summed E-state index contributed by atoms with van der Waals surface area (Å²) in [7, 11) is 0. The fourth-order valence-corrected chi connectivity index (χ4v) is 1.47. The van der Waals surface area contributed by atoms with Crippen LogP contribution >= 0.6 is 0 Å². The van der Waals surface area contributed by atoms with Gasteiger partial charge in [-0.1, -0.05) is 0 Å². The molecule has 12 heavy (non-hydrogen) atoms. The first-order valence-electron chi connectivity index (χ1n) is 4.19. The third-order valence-corrected chi connectivity index (χ3v) is 2.12. The van der Waals surface area contributed by atoms with Crippen LogP contribution in [0.5, 0.6) is 0 Å². The summed E-state index contributed by atoms with van der Waals surface area (Å²) < 4.78 is 0. The zero-order chi connectivity index (χ0) is 8.39. The number of aromatic nitrogens is 1. The zero-order valence-electron chi connectivity index (χ0n) is 6.90. The van der Waals surface area contributed by atoms with Gasteiger partial charge in [0.1, 0.15) is 5.82 Å². The summed E-state index contributed by atoms with van der Waals surface area (Å²) in [5.74, 6) is 0.922. The standard InChI is InChI=1S/C9H12N3/c10-8-4-6-12(7-8)9-3-1-2-5-11-9/h1-2,5,8H,4,6-7,10H2. The lowest BCUT2D eigenvalue weighted by molar-refractivity contribution is 0.751. The van der Waals surface area contributed by atoms with Gasteiger partial charge in [0.15, 0.2) is 0 Å². The largest absolute Gasteiger partial charge is 0.354 e. The second-order valence-electron chi connectivity index (χ2n) is 3.10. The minimum atomic E-state index is 0.306.